The Bertz CT molecular complexity index is 776. The number of aliphatic imine (C=N–C) groups is 1. The Morgan fingerprint density at radius 1 is 1.30 bits per heavy atom. The SMILES string of the molecule is C=CC1=C[C@@H]2[C@@H]3O[C@]4(CC[C@H](O4)[C@@H](C)C[C@@H](O)C3=O)C[C@H](O)/C(=N/CC)[C@@]2(C)CC1. The van der Waals surface area contributed by atoms with E-state index in [0.29, 0.717) is 19.4 Å². The predicted octanol–water partition coefficient (Wildman–Crippen LogP) is 2.97. The third-order valence-corrected chi connectivity index (χ3v) is 7.74. The van der Waals surface area contributed by atoms with Crippen LogP contribution in [0.15, 0.2) is 29.3 Å². The second kappa shape index (κ2) is 7.97. The summed E-state index contributed by atoms with van der Waals surface area (Å²) in [6, 6.07) is 0. The Kier molecular flexibility index (Phi) is 5.81. The maximum absolute atomic E-state index is 13.5. The van der Waals surface area contributed by atoms with Gasteiger partial charge in [-0.3, -0.25) is 9.79 Å². The second-order valence-corrected chi connectivity index (χ2v) is 9.74. The van der Waals surface area contributed by atoms with Gasteiger partial charge < -0.3 is 19.7 Å². The summed E-state index contributed by atoms with van der Waals surface area (Å²) in [4.78, 5) is 18.2. The van der Waals surface area contributed by atoms with E-state index in [9.17, 15) is 15.0 Å². The van der Waals surface area contributed by atoms with Gasteiger partial charge in [0.1, 0.15) is 12.2 Å². The Hall–Kier alpha value is -1.34. The molecule has 30 heavy (non-hydrogen) atoms. The van der Waals surface area contributed by atoms with E-state index >= 15 is 0 Å². The van der Waals surface area contributed by atoms with Crippen molar-refractivity contribution >= 4 is 11.5 Å². The number of hydrogen-bond acceptors (Lipinski definition) is 6. The molecule has 0 aromatic heterocycles. The van der Waals surface area contributed by atoms with Crippen molar-refractivity contribution in [3.8, 4) is 0 Å². The van der Waals surface area contributed by atoms with Crippen LogP contribution in [0.5, 0.6) is 0 Å². The minimum absolute atomic E-state index is 0.0341. The first-order valence-electron chi connectivity index (χ1n) is 11.4. The van der Waals surface area contributed by atoms with Crippen molar-refractivity contribution in [1.82, 2.24) is 0 Å². The predicted molar refractivity (Wildman–Crippen MR) is 114 cm³/mol. The number of Topliss-reactive ketones (excluding diaryl/α,β-unsaturated/α-hetero) is 1. The minimum Gasteiger partial charge on any atom is -0.387 e. The number of nitrogens with zero attached hydrogens (tertiary/aromatic N) is 1. The van der Waals surface area contributed by atoms with Gasteiger partial charge in [-0.05, 0) is 38.5 Å². The van der Waals surface area contributed by atoms with E-state index in [1.165, 1.54) is 0 Å². The Balaban J connectivity index is 1.89. The number of rotatable bonds is 2. The lowest BCUT2D eigenvalue weighted by Gasteiger charge is -2.50. The van der Waals surface area contributed by atoms with E-state index in [2.05, 4.69) is 19.6 Å². The first-order chi connectivity index (χ1) is 14.2. The number of allylic oxidation sites excluding steroid dienone is 2. The molecule has 3 fully saturated rings. The molecule has 3 heterocycles. The summed E-state index contributed by atoms with van der Waals surface area (Å²) in [5, 5.41) is 22.1. The standard InChI is InChI=1S/C24H35NO5/c1-5-15-7-9-23(4)16(12-15)21-20(28)17(26)11-14(3)19-8-10-24(29-19,30-21)13-18(27)22(23)25-6-2/h5,12,14,16-19,21,26-27H,1,6-11,13H2,2-4H3/b25-22-/t14-,16+,17+,18-,19-,21-,23-,24+/m0/s1. The summed E-state index contributed by atoms with van der Waals surface area (Å²) in [5.41, 5.74) is 1.24. The molecular formula is C24H35NO5. The average molecular weight is 418 g/mol. The summed E-state index contributed by atoms with van der Waals surface area (Å²) in [6.07, 6.45) is 4.61. The van der Waals surface area contributed by atoms with Crippen molar-refractivity contribution in [1.29, 1.82) is 0 Å². The molecule has 0 aromatic rings. The summed E-state index contributed by atoms with van der Waals surface area (Å²) in [6.45, 7) is 10.5. The summed E-state index contributed by atoms with van der Waals surface area (Å²) >= 11 is 0. The van der Waals surface area contributed by atoms with Crippen molar-refractivity contribution < 1.29 is 24.5 Å². The monoisotopic (exact) mass is 417 g/mol. The maximum atomic E-state index is 13.5. The first kappa shape index (κ1) is 21.9. The lowest BCUT2D eigenvalue weighted by atomic mass is 9.61. The molecule has 0 unspecified atom stereocenters. The van der Waals surface area contributed by atoms with Crippen LogP contribution in [0.4, 0.5) is 0 Å². The van der Waals surface area contributed by atoms with E-state index in [4.69, 9.17) is 14.5 Å². The zero-order chi connectivity index (χ0) is 21.7. The van der Waals surface area contributed by atoms with E-state index in [1.807, 2.05) is 19.9 Å². The number of aliphatic hydroxyl groups is 2. The van der Waals surface area contributed by atoms with Gasteiger partial charge in [0.2, 0.25) is 0 Å². The highest BCUT2D eigenvalue weighted by Crippen LogP contribution is 2.51. The fourth-order valence-corrected chi connectivity index (χ4v) is 5.98. The molecule has 4 aliphatic rings. The molecule has 166 valence electrons. The molecule has 4 rings (SSSR count). The van der Waals surface area contributed by atoms with Gasteiger partial charge in [-0.15, -0.1) is 0 Å². The van der Waals surface area contributed by atoms with Crippen molar-refractivity contribution in [3.63, 3.8) is 0 Å². The molecule has 1 aliphatic carbocycles. The molecule has 6 nitrogen and oxygen atoms in total. The molecule has 3 aliphatic heterocycles. The van der Waals surface area contributed by atoms with Gasteiger partial charge >= 0.3 is 0 Å². The van der Waals surface area contributed by atoms with E-state index < -0.39 is 29.5 Å². The Labute approximate surface area is 179 Å². The molecule has 8 atom stereocenters. The summed E-state index contributed by atoms with van der Waals surface area (Å²) in [5.74, 6) is -1.64. The van der Waals surface area contributed by atoms with Crippen LogP contribution in [-0.4, -0.2) is 58.5 Å². The van der Waals surface area contributed by atoms with E-state index in [0.717, 1.165) is 30.5 Å². The fraction of sp³-hybridized carbons (Fsp3) is 0.750. The number of carbonyl (C=O) groups excluding carboxylic acids is 1. The number of ketones is 1. The number of hydrogen-bond donors (Lipinski definition) is 2. The summed E-state index contributed by atoms with van der Waals surface area (Å²) in [7, 11) is 0. The lowest BCUT2D eigenvalue weighted by molar-refractivity contribution is -0.268. The molecule has 6 heteroatoms. The fourth-order valence-electron chi connectivity index (χ4n) is 5.98. The van der Waals surface area contributed by atoms with E-state index in [1.54, 1.807) is 0 Å². The highest BCUT2D eigenvalue weighted by Gasteiger charge is 2.57. The van der Waals surface area contributed by atoms with Crippen LogP contribution < -0.4 is 0 Å². The average Bonchev–Trinajstić information content (AvgIpc) is 3.13. The van der Waals surface area contributed by atoms with Crippen LogP contribution in [0.2, 0.25) is 0 Å². The third-order valence-electron chi connectivity index (χ3n) is 7.74. The number of carbonyl (C=O) groups is 1. The molecule has 1 spiro atoms. The van der Waals surface area contributed by atoms with Gasteiger partial charge in [0.15, 0.2) is 11.6 Å². The topological polar surface area (TPSA) is 88.3 Å². The number of aliphatic hydroxyl groups excluding tert-OH is 2. The third kappa shape index (κ3) is 3.52. The highest BCUT2D eigenvalue weighted by molar-refractivity contribution is 5.96. The molecule has 3 bridgehead atoms. The highest BCUT2D eigenvalue weighted by atomic mass is 16.7. The molecule has 0 aromatic carbocycles. The van der Waals surface area contributed by atoms with Crippen LogP contribution in [0.25, 0.3) is 0 Å². The molecule has 0 radical (unpaired) electrons. The van der Waals surface area contributed by atoms with Gasteiger partial charge in [-0.1, -0.05) is 38.2 Å². The summed E-state index contributed by atoms with van der Waals surface area (Å²) < 4.78 is 12.9. The maximum Gasteiger partial charge on any atom is 0.190 e. The molecule has 0 amide bonds. The van der Waals surface area contributed by atoms with Gasteiger partial charge in [0.05, 0.1) is 12.2 Å². The van der Waals surface area contributed by atoms with Crippen molar-refractivity contribution in [2.75, 3.05) is 6.54 Å². The normalized spacial score (nSPS) is 48.0. The van der Waals surface area contributed by atoms with Gasteiger partial charge in [-0.25, -0.2) is 0 Å². The van der Waals surface area contributed by atoms with Crippen LogP contribution in [0.3, 0.4) is 0 Å². The zero-order valence-corrected chi connectivity index (χ0v) is 18.3. The number of ether oxygens (including phenoxy) is 2. The van der Waals surface area contributed by atoms with Crippen LogP contribution in [-0.2, 0) is 14.3 Å². The molecule has 2 N–H and O–H groups in total. The number of fused-ring (bicyclic) bond motifs is 4. The van der Waals surface area contributed by atoms with Gasteiger partial charge in [-0.2, -0.15) is 0 Å². The Morgan fingerprint density at radius 2 is 2.07 bits per heavy atom. The second-order valence-electron chi connectivity index (χ2n) is 9.74. The smallest absolute Gasteiger partial charge is 0.190 e. The molecular weight excluding hydrogens is 382 g/mol. The van der Waals surface area contributed by atoms with Crippen LogP contribution in [0, 0.1) is 17.3 Å². The van der Waals surface area contributed by atoms with Crippen molar-refractivity contribution in [2.24, 2.45) is 22.2 Å². The quantitative estimate of drug-likeness (QED) is 0.721. The van der Waals surface area contributed by atoms with Crippen LogP contribution >= 0.6 is 0 Å². The van der Waals surface area contributed by atoms with Gasteiger partial charge in [0.25, 0.3) is 0 Å². The van der Waals surface area contributed by atoms with Crippen LogP contribution in [0.1, 0.15) is 59.3 Å². The zero-order valence-electron chi connectivity index (χ0n) is 18.3. The molecule has 3 saturated heterocycles. The minimum atomic E-state index is -1.09. The van der Waals surface area contributed by atoms with Crippen molar-refractivity contribution in [3.05, 3.63) is 24.3 Å². The molecule has 0 saturated carbocycles. The lowest BCUT2D eigenvalue weighted by Crippen LogP contribution is -2.58. The van der Waals surface area contributed by atoms with E-state index in [-0.39, 0.29) is 30.1 Å². The first-order valence-corrected chi connectivity index (χ1v) is 11.4. The Morgan fingerprint density at radius 3 is 2.77 bits per heavy atom. The van der Waals surface area contributed by atoms with Gasteiger partial charge in [0, 0.05) is 36.4 Å². The van der Waals surface area contributed by atoms with Crippen molar-refractivity contribution in [2.45, 2.75) is 89.5 Å². The largest absolute Gasteiger partial charge is 0.387 e.